The maximum absolute atomic E-state index is 6.25. The normalized spacial score (nSPS) is 11.7. The Hall–Kier alpha value is -2.47. The van der Waals surface area contributed by atoms with E-state index in [9.17, 15) is 0 Å². The highest BCUT2D eigenvalue weighted by Crippen LogP contribution is 2.40. The van der Waals surface area contributed by atoms with Crippen LogP contribution in [0.3, 0.4) is 0 Å². The van der Waals surface area contributed by atoms with Crippen molar-refractivity contribution < 1.29 is 9.68 Å². The van der Waals surface area contributed by atoms with E-state index in [0.717, 1.165) is 37.7 Å². The molecule has 0 spiro atoms. The monoisotopic (exact) mass is 534 g/mol. The van der Waals surface area contributed by atoms with Gasteiger partial charge in [0.25, 0.3) is 0 Å². The zero-order valence-electron chi connectivity index (χ0n) is 24.8. The summed E-state index contributed by atoms with van der Waals surface area (Å²) in [6.45, 7) is 22.9. The van der Waals surface area contributed by atoms with Crippen molar-refractivity contribution in [2.24, 2.45) is 0 Å². The summed E-state index contributed by atoms with van der Waals surface area (Å²) in [5, 5.41) is 4.51. The van der Waals surface area contributed by atoms with E-state index >= 15 is 0 Å². The fraction of sp³-hybridized carbons (Fsp3) is 0.455. The molecule has 0 aliphatic carbocycles. The van der Waals surface area contributed by atoms with E-state index in [-0.39, 0.29) is 5.92 Å². The maximum atomic E-state index is 6.25. The van der Waals surface area contributed by atoms with Crippen molar-refractivity contribution >= 4 is 11.8 Å². The quantitative estimate of drug-likeness (QED) is 0.124. The lowest BCUT2D eigenvalue weighted by Crippen LogP contribution is -2.27. The number of hydroxylamine groups is 4. The minimum absolute atomic E-state index is 0.0484. The second-order valence-corrected chi connectivity index (χ2v) is 11.7. The third-order valence-corrected chi connectivity index (χ3v) is 8.08. The molecule has 206 valence electrons. The molecule has 0 saturated heterocycles. The van der Waals surface area contributed by atoms with Gasteiger partial charge in [-0.1, -0.05) is 38.1 Å². The van der Waals surface area contributed by atoms with Gasteiger partial charge in [-0.05, 0) is 112 Å². The van der Waals surface area contributed by atoms with Crippen LogP contribution < -0.4 is 9.68 Å². The topological polar surface area (TPSA) is 24.9 Å². The molecule has 3 aromatic rings. The summed E-state index contributed by atoms with van der Waals surface area (Å²) in [4.78, 5) is 13.8. The highest BCUT2D eigenvalue weighted by molar-refractivity contribution is 8.00. The largest absolute Gasteiger partial charge is 0.406 e. The molecule has 0 aliphatic rings. The summed E-state index contributed by atoms with van der Waals surface area (Å²) in [6.07, 6.45) is 0. The molecular weight excluding hydrogens is 488 g/mol. The fourth-order valence-electron chi connectivity index (χ4n) is 4.74. The number of thioether (sulfide) groups is 1. The second kappa shape index (κ2) is 14.1. The Morgan fingerprint density at radius 2 is 1.11 bits per heavy atom. The SMILES string of the molecule is CCN(CC)Oc1ccc(C)c(C(c2ccc(SC(C)C)c(C)c2)c2cc(ON(CC)CC)ccc2C)c1. The van der Waals surface area contributed by atoms with Gasteiger partial charge in [-0.15, -0.1) is 21.9 Å². The first-order valence-corrected chi connectivity index (χ1v) is 14.9. The van der Waals surface area contributed by atoms with Crippen LogP contribution in [0.25, 0.3) is 0 Å². The van der Waals surface area contributed by atoms with Crippen molar-refractivity contribution in [3.63, 3.8) is 0 Å². The van der Waals surface area contributed by atoms with Crippen molar-refractivity contribution in [2.75, 3.05) is 26.2 Å². The number of hydrogen-bond acceptors (Lipinski definition) is 5. The van der Waals surface area contributed by atoms with Crippen LogP contribution >= 0.6 is 11.8 Å². The maximum Gasteiger partial charge on any atom is 0.147 e. The van der Waals surface area contributed by atoms with Gasteiger partial charge in [0.05, 0.1) is 0 Å². The van der Waals surface area contributed by atoms with Gasteiger partial charge < -0.3 is 9.68 Å². The summed E-state index contributed by atoms with van der Waals surface area (Å²) >= 11 is 1.92. The summed E-state index contributed by atoms with van der Waals surface area (Å²) < 4.78 is 0. The van der Waals surface area contributed by atoms with Gasteiger partial charge >= 0.3 is 0 Å². The Bertz CT molecular complexity index is 1120. The third kappa shape index (κ3) is 7.56. The van der Waals surface area contributed by atoms with Gasteiger partial charge in [-0.2, -0.15) is 0 Å². The lowest BCUT2D eigenvalue weighted by molar-refractivity contribution is -0.0487. The zero-order chi connectivity index (χ0) is 27.8. The molecule has 0 aromatic heterocycles. The number of rotatable bonds is 13. The molecule has 0 atom stereocenters. The van der Waals surface area contributed by atoms with E-state index in [4.69, 9.17) is 9.68 Å². The molecular formula is C33H46N2O2S. The molecule has 3 aromatic carbocycles. The van der Waals surface area contributed by atoms with Crippen LogP contribution in [0.1, 0.15) is 80.8 Å². The molecule has 4 nitrogen and oxygen atoms in total. The Kier molecular flexibility index (Phi) is 11.1. The van der Waals surface area contributed by atoms with Crippen molar-refractivity contribution in [2.45, 2.75) is 78.4 Å². The average Bonchev–Trinajstić information content (AvgIpc) is 2.90. The standard InChI is InChI=1S/C33H46N2O2S/c1-10-34(11-2)36-28-17-14-24(7)30(21-28)33(27-16-19-32(26(9)20-27)38-23(5)6)31-22-29(18-15-25(31)8)37-35(12-3)13-4/h14-23,33H,10-13H2,1-9H3. The van der Waals surface area contributed by atoms with Gasteiger partial charge in [0, 0.05) is 42.2 Å². The smallest absolute Gasteiger partial charge is 0.147 e. The number of nitrogens with zero attached hydrogens (tertiary/aromatic N) is 2. The van der Waals surface area contributed by atoms with E-state index in [1.165, 1.54) is 38.3 Å². The molecule has 5 heteroatoms. The minimum Gasteiger partial charge on any atom is -0.406 e. The third-order valence-electron chi connectivity index (χ3n) is 6.90. The molecule has 0 unspecified atom stereocenters. The Labute approximate surface area is 235 Å². The first kappa shape index (κ1) is 30.1. The van der Waals surface area contributed by atoms with E-state index < -0.39 is 0 Å². The molecule has 0 fully saturated rings. The van der Waals surface area contributed by atoms with E-state index in [1.54, 1.807) is 0 Å². The summed E-state index contributed by atoms with van der Waals surface area (Å²) in [6, 6.07) is 19.9. The number of aryl methyl sites for hydroxylation is 3. The van der Waals surface area contributed by atoms with Gasteiger partial charge in [0.2, 0.25) is 0 Å². The van der Waals surface area contributed by atoms with Crippen LogP contribution in [-0.2, 0) is 0 Å². The first-order valence-electron chi connectivity index (χ1n) is 14.0. The second-order valence-electron chi connectivity index (χ2n) is 10.1. The summed E-state index contributed by atoms with van der Waals surface area (Å²) in [5.41, 5.74) is 7.58. The highest BCUT2D eigenvalue weighted by atomic mass is 32.2. The van der Waals surface area contributed by atoms with Crippen molar-refractivity contribution in [1.82, 2.24) is 10.1 Å². The molecule has 3 rings (SSSR count). The predicted molar refractivity (Wildman–Crippen MR) is 163 cm³/mol. The molecule has 0 saturated carbocycles. The van der Waals surface area contributed by atoms with Crippen LogP contribution in [0.2, 0.25) is 0 Å². The number of hydrogen-bond donors (Lipinski definition) is 0. The van der Waals surface area contributed by atoms with Crippen LogP contribution in [0.4, 0.5) is 0 Å². The van der Waals surface area contributed by atoms with E-state index in [1.807, 2.05) is 21.9 Å². The number of benzene rings is 3. The molecule has 0 heterocycles. The van der Waals surface area contributed by atoms with Gasteiger partial charge in [-0.3, -0.25) is 0 Å². The highest BCUT2D eigenvalue weighted by Gasteiger charge is 2.23. The van der Waals surface area contributed by atoms with E-state index in [2.05, 4.69) is 117 Å². The van der Waals surface area contributed by atoms with Crippen molar-refractivity contribution in [1.29, 1.82) is 0 Å². The van der Waals surface area contributed by atoms with Gasteiger partial charge in [0.1, 0.15) is 11.5 Å². The first-order chi connectivity index (χ1) is 18.2. The van der Waals surface area contributed by atoms with E-state index in [0.29, 0.717) is 5.25 Å². The average molecular weight is 535 g/mol. The van der Waals surface area contributed by atoms with Gasteiger partial charge in [0.15, 0.2) is 0 Å². The molecule has 0 aliphatic heterocycles. The van der Waals surface area contributed by atoms with Crippen LogP contribution in [0.15, 0.2) is 59.5 Å². The van der Waals surface area contributed by atoms with Crippen LogP contribution in [0.5, 0.6) is 11.5 Å². The lowest BCUT2D eigenvalue weighted by atomic mass is 9.80. The summed E-state index contributed by atoms with van der Waals surface area (Å²) in [7, 11) is 0. The lowest BCUT2D eigenvalue weighted by Gasteiger charge is -2.26. The Morgan fingerprint density at radius 3 is 1.50 bits per heavy atom. The predicted octanol–water partition coefficient (Wildman–Crippen LogP) is 8.56. The van der Waals surface area contributed by atoms with Gasteiger partial charge in [-0.25, -0.2) is 0 Å². The molecule has 0 bridgehead atoms. The fourth-order valence-corrected chi connectivity index (χ4v) is 5.64. The zero-order valence-corrected chi connectivity index (χ0v) is 25.6. The molecule has 38 heavy (non-hydrogen) atoms. The Balaban J connectivity index is 2.19. The summed E-state index contributed by atoms with van der Waals surface area (Å²) in [5.74, 6) is 1.79. The molecule has 0 amide bonds. The van der Waals surface area contributed by atoms with Crippen molar-refractivity contribution in [3.8, 4) is 11.5 Å². The van der Waals surface area contributed by atoms with Crippen molar-refractivity contribution in [3.05, 3.63) is 88.0 Å². The molecule has 0 N–H and O–H groups in total. The van der Waals surface area contributed by atoms with Crippen LogP contribution in [0, 0.1) is 20.8 Å². The Morgan fingerprint density at radius 1 is 0.632 bits per heavy atom. The van der Waals surface area contributed by atoms with Crippen LogP contribution in [-0.4, -0.2) is 41.6 Å². The minimum atomic E-state index is 0.0484. The molecule has 0 radical (unpaired) electrons.